The number of nitrogens with one attached hydrogen (secondary N) is 1. The lowest BCUT2D eigenvalue weighted by Gasteiger charge is -2.33. The number of rotatable bonds is 5. The van der Waals surface area contributed by atoms with E-state index in [9.17, 15) is 4.79 Å². The third-order valence-corrected chi connectivity index (χ3v) is 5.55. The average molecular weight is 353 g/mol. The average Bonchev–Trinajstić information content (AvgIpc) is 3.25. The molecule has 1 aliphatic carbocycles. The molecule has 1 aliphatic heterocycles. The molecule has 0 aromatic heterocycles. The van der Waals surface area contributed by atoms with Crippen LogP contribution in [0.15, 0.2) is 24.3 Å². The molecular weight excluding hydrogens is 324 g/mol. The minimum Gasteiger partial charge on any atom is -0.497 e. The molecule has 24 heavy (non-hydrogen) atoms. The summed E-state index contributed by atoms with van der Waals surface area (Å²) in [7, 11) is 3.67. The van der Waals surface area contributed by atoms with E-state index in [0.717, 1.165) is 63.1 Å². The Labute approximate surface area is 151 Å². The van der Waals surface area contributed by atoms with Crippen LogP contribution in [0.4, 0.5) is 0 Å². The van der Waals surface area contributed by atoms with Crippen molar-refractivity contribution in [3.05, 3.63) is 29.8 Å². The Morgan fingerprint density at radius 2 is 2.12 bits per heavy atom. The molecule has 1 saturated carbocycles. The Balaban J connectivity index is 0.00000208. The topological polar surface area (TPSA) is 41.6 Å². The standard InChI is InChI=1S/C19H28N2O2.ClH/c1-20-13-15-8-11-21(14-15)18(22)19(9-3-4-10-19)16-6-5-7-17(12-16)23-2;/h5-7,12,15,20H,3-4,8-11,13-14H2,1-2H3;1H. The summed E-state index contributed by atoms with van der Waals surface area (Å²) in [4.78, 5) is 15.5. The molecule has 5 heteroatoms. The number of carbonyl (C=O) groups excluding carboxylic acids is 1. The maximum Gasteiger partial charge on any atom is 0.233 e. The number of amides is 1. The van der Waals surface area contributed by atoms with Crippen LogP contribution in [0.25, 0.3) is 0 Å². The summed E-state index contributed by atoms with van der Waals surface area (Å²) in [5.74, 6) is 1.77. The minimum atomic E-state index is -0.330. The van der Waals surface area contributed by atoms with Crippen LogP contribution >= 0.6 is 12.4 Å². The van der Waals surface area contributed by atoms with Crippen molar-refractivity contribution < 1.29 is 9.53 Å². The van der Waals surface area contributed by atoms with Gasteiger partial charge in [-0.15, -0.1) is 12.4 Å². The van der Waals surface area contributed by atoms with Crippen molar-refractivity contribution in [3.63, 3.8) is 0 Å². The molecule has 1 N–H and O–H groups in total. The molecule has 1 unspecified atom stereocenters. The lowest BCUT2D eigenvalue weighted by atomic mass is 9.77. The van der Waals surface area contributed by atoms with Crippen molar-refractivity contribution in [3.8, 4) is 5.75 Å². The second-order valence-electron chi connectivity index (χ2n) is 6.98. The maximum absolute atomic E-state index is 13.4. The highest BCUT2D eigenvalue weighted by Crippen LogP contribution is 2.44. The van der Waals surface area contributed by atoms with E-state index < -0.39 is 0 Å². The van der Waals surface area contributed by atoms with Gasteiger partial charge in [0, 0.05) is 13.1 Å². The van der Waals surface area contributed by atoms with Crippen molar-refractivity contribution in [1.82, 2.24) is 10.2 Å². The Morgan fingerprint density at radius 1 is 1.38 bits per heavy atom. The highest BCUT2D eigenvalue weighted by molar-refractivity contribution is 5.89. The fourth-order valence-corrected chi connectivity index (χ4v) is 4.30. The normalized spacial score (nSPS) is 22.2. The van der Waals surface area contributed by atoms with E-state index in [-0.39, 0.29) is 17.8 Å². The number of ether oxygens (including phenoxy) is 1. The number of benzene rings is 1. The molecule has 3 rings (SSSR count). The van der Waals surface area contributed by atoms with Crippen LogP contribution in [0.1, 0.15) is 37.7 Å². The van der Waals surface area contributed by atoms with Crippen LogP contribution in [-0.4, -0.2) is 44.6 Å². The van der Waals surface area contributed by atoms with Crippen molar-refractivity contribution >= 4 is 18.3 Å². The van der Waals surface area contributed by atoms with Gasteiger partial charge in [-0.1, -0.05) is 25.0 Å². The van der Waals surface area contributed by atoms with E-state index in [4.69, 9.17) is 4.74 Å². The molecular formula is C19H29ClN2O2. The van der Waals surface area contributed by atoms with Crippen molar-refractivity contribution in [2.75, 3.05) is 33.8 Å². The van der Waals surface area contributed by atoms with Crippen molar-refractivity contribution in [1.29, 1.82) is 0 Å². The molecule has 4 nitrogen and oxygen atoms in total. The molecule has 0 radical (unpaired) electrons. The third-order valence-electron chi connectivity index (χ3n) is 5.55. The van der Waals surface area contributed by atoms with E-state index in [2.05, 4.69) is 22.3 Å². The molecule has 134 valence electrons. The first kappa shape index (κ1) is 19.1. The van der Waals surface area contributed by atoms with Crippen LogP contribution in [0.3, 0.4) is 0 Å². The zero-order valence-electron chi connectivity index (χ0n) is 14.7. The van der Waals surface area contributed by atoms with E-state index in [1.165, 1.54) is 0 Å². The van der Waals surface area contributed by atoms with Gasteiger partial charge in [-0.3, -0.25) is 4.79 Å². The number of likely N-dealkylation sites (tertiary alicyclic amines) is 1. The van der Waals surface area contributed by atoms with Crippen LogP contribution < -0.4 is 10.1 Å². The fourth-order valence-electron chi connectivity index (χ4n) is 4.30. The van der Waals surface area contributed by atoms with Gasteiger partial charge in [-0.2, -0.15) is 0 Å². The summed E-state index contributed by atoms with van der Waals surface area (Å²) in [6, 6.07) is 8.13. The van der Waals surface area contributed by atoms with Crippen LogP contribution in [0.2, 0.25) is 0 Å². The summed E-state index contributed by atoms with van der Waals surface area (Å²) >= 11 is 0. The van der Waals surface area contributed by atoms with Gasteiger partial charge in [-0.05, 0) is 56.5 Å². The van der Waals surface area contributed by atoms with Crippen molar-refractivity contribution in [2.24, 2.45) is 5.92 Å². The maximum atomic E-state index is 13.4. The quantitative estimate of drug-likeness (QED) is 0.885. The molecule has 1 aromatic carbocycles. The zero-order valence-corrected chi connectivity index (χ0v) is 15.5. The number of hydrogen-bond donors (Lipinski definition) is 1. The Bertz CT molecular complexity index is 558. The van der Waals surface area contributed by atoms with Gasteiger partial charge in [0.15, 0.2) is 0 Å². The largest absolute Gasteiger partial charge is 0.497 e. The number of halogens is 1. The molecule has 1 amide bonds. The summed E-state index contributed by atoms with van der Waals surface area (Å²) < 4.78 is 5.38. The minimum absolute atomic E-state index is 0. The summed E-state index contributed by atoms with van der Waals surface area (Å²) in [6.07, 6.45) is 5.31. The van der Waals surface area contributed by atoms with Gasteiger partial charge in [0.25, 0.3) is 0 Å². The van der Waals surface area contributed by atoms with Gasteiger partial charge in [0.2, 0.25) is 5.91 Å². The highest BCUT2D eigenvalue weighted by Gasteiger charge is 2.46. The molecule has 0 bridgehead atoms. The number of carbonyl (C=O) groups is 1. The van der Waals surface area contributed by atoms with E-state index in [0.29, 0.717) is 11.8 Å². The monoisotopic (exact) mass is 352 g/mol. The lowest BCUT2D eigenvalue weighted by Crippen LogP contribution is -2.44. The summed E-state index contributed by atoms with van der Waals surface area (Å²) in [5.41, 5.74) is 0.805. The number of nitrogens with zero attached hydrogens (tertiary/aromatic N) is 1. The molecule has 0 spiro atoms. The SMILES string of the molecule is CNCC1CCN(C(=O)C2(c3cccc(OC)c3)CCCC2)C1.Cl. The number of methoxy groups -OCH3 is 1. The Kier molecular flexibility index (Phi) is 6.53. The van der Waals surface area contributed by atoms with Gasteiger partial charge in [-0.25, -0.2) is 0 Å². The van der Waals surface area contributed by atoms with E-state index >= 15 is 0 Å². The predicted octanol–water partition coefficient (Wildman–Crippen LogP) is 3.00. The number of hydrogen-bond acceptors (Lipinski definition) is 3. The van der Waals surface area contributed by atoms with Crippen molar-refractivity contribution in [2.45, 2.75) is 37.5 Å². The first-order valence-electron chi connectivity index (χ1n) is 8.78. The second-order valence-corrected chi connectivity index (χ2v) is 6.98. The van der Waals surface area contributed by atoms with Gasteiger partial charge in [0.1, 0.15) is 5.75 Å². The van der Waals surface area contributed by atoms with E-state index in [1.807, 2.05) is 19.2 Å². The molecule has 1 aromatic rings. The molecule has 1 atom stereocenters. The van der Waals surface area contributed by atoms with Crippen LogP contribution in [-0.2, 0) is 10.2 Å². The van der Waals surface area contributed by atoms with Crippen LogP contribution in [0, 0.1) is 5.92 Å². The fraction of sp³-hybridized carbons (Fsp3) is 0.632. The predicted molar refractivity (Wildman–Crippen MR) is 99.0 cm³/mol. The molecule has 1 heterocycles. The molecule has 1 saturated heterocycles. The summed E-state index contributed by atoms with van der Waals surface area (Å²) in [6.45, 7) is 2.79. The van der Waals surface area contributed by atoms with Gasteiger partial charge < -0.3 is 15.0 Å². The van der Waals surface area contributed by atoms with Gasteiger partial charge >= 0.3 is 0 Å². The second kappa shape index (κ2) is 8.21. The summed E-state index contributed by atoms with van der Waals surface area (Å²) in [5, 5.41) is 3.24. The zero-order chi connectivity index (χ0) is 16.3. The Hall–Kier alpha value is -1.26. The molecule has 2 aliphatic rings. The third kappa shape index (κ3) is 3.55. The first-order valence-corrected chi connectivity index (χ1v) is 8.78. The van der Waals surface area contributed by atoms with E-state index in [1.54, 1.807) is 7.11 Å². The molecule has 2 fully saturated rings. The highest BCUT2D eigenvalue weighted by atomic mass is 35.5. The lowest BCUT2D eigenvalue weighted by molar-refractivity contribution is -0.136. The first-order chi connectivity index (χ1) is 11.2. The van der Waals surface area contributed by atoms with Crippen LogP contribution in [0.5, 0.6) is 5.75 Å². The van der Waals surface area contributed by atoms with Gasteiger partial charge in [0.05, 0.1) is 12.5 Å². The smallest absolute Gasteiger partial charge is 0.233 e. The Morgan fingerprint density at radius 3 is 2.79 bits per heavy atom.